The van der Waals surface area contributed by atoms with E-state index >= 15 is 0 Å². The van der Waals surface area contributed by atoms with Crippen molar-refractivity contribution in [3.8, 4) is 0 Å². The van der Waals surface area contributed by atoms with Crippen LogP contribution in [0.2, 0.25) is 0 Å². The number of amides is 2. The molecule has 1 aromatic carbocycles. The molecule has 2 amide bonds. The Hall–Kier alpha value is -2.12. The van der Waals surface area contributed by atoms with Gasteiger partial charge < -0.3 is 20.4 Å². The van der Waals surface area contributed by atoms with Crippen molar-refractivity contribution in [2.45, 2.75) is 13.0 Å². The van der Waals surface area contributed by atoms with Crippen molar-refractivity contribution in [1.29, 1.82) is 0 Å². The standard InChI is InChI=1S/C16H18BrN3O3/c1-10(18-2)9-19-15(21)11-4-3-5-12(8-11)20-16(22)13-6-7-14(17)23-13/h3-8,10,18H,9H2,1-2H3,(H,19,21)(H,20,22). The third-order valence-electron chi connectivity index (χ3n) is 3.24. The smallest absolute Gasteiger partial charge is 0.291 e. The summed E-state index contributed by atoms with van der Waals surface area (Å²) in [5.74, 6) is -0.379. The Labute approximate surface area is 142 Å². The van der Waals surface area contributed by atoms with Crippen LogP contribution < -0.4 is 16.0 Å². The first-order valence-corrected chi connectivity index (χ1v) is 7.91. The second-order valence-electron chi connectivity index (χ2n) is 5.04. The number of furan rings is 1. The van der Waals surface area contributed by atoms with E-state index in [1.807, 2.05) is 14.0 Å². The van der Waals surface area contributed by atoms with Gasteiger partial charge in [0.2, 0.25) is 0 Å². The SMILES string of the molecule is CNC(C)CNC(=O)c1cccc(NC(=O)c2ccc(Br)o2)c1. The topological polar surface area (TPSA) is 83.4 Å². The molecule has 122 valence electrons. The number of carbonyl (C=O) groups excluding carboxylic acids is 2. The van der Waals surface area contributed by atoms with Crippen LogP contribution in [0.4, 0.5) is 5.69 Å². The van der Waals surface area contributed by atoms with Gasteiger partial charge in [-0.25, -0.2) is 0 Å². The maximum Gasteiger partial charge on any atom is 0.291 e. The van der Waals surface area contributed by atoms with Gasteiger partial charge in [0.15, 0.2) is 10.4 Å². The summed E-state index contributed by atoms with van der Waals surface area (Å²) in [6.07, 6.45) is 0. The summed E-state index contributed by atoms with van der Waals surface area (Å²) in [7, 11) is 1.83. The van der Waals surface area contributed by atoms with Gasteiger partial charge in [-0.05, 0) is 60.2 Å². The maximum absolute atomic E-state index is 12.1. The van der Waals surface area contributed by atoms with Gasteiger partial charge >= 0.3 is 0 Å². The molecule has 7 heteroatoms. The van der Waals surface area contributed by atoms with E-state index in [0.717, 1.165) is 0 Å². The molecular formula is C16H18BrN3O3. The van der Waals surface area contributed by atoms with Crippen molar-refractivity contribution < 1.29 is 14.0 Å². The number of benzene rings is 1. The average Bonchev–Trinajstić information content (AvgIpc) is 2.99. The van der Waals surface area contributed by atoms with E-state index in [-0.39, 0.29) is 23.6 Å². The molecule has 3 N–H and O–H groups in total. The van der Waals surface area contributed by atoms with Gasteiger partial charge in [-0.3, -0.25) is 9.59 Å². The summed E-state index contributed by atoms with van der Waals surface area (Å²) >= 11 is 3.15. The molecule has 2 aromatic rings. The average molecular weight is 380 g/mol. The first-order chi connectivity index (χ1) is 11.0. The van der Waals surface area contributed by atoms with Crippen LogP contribution in [-0.4, -0.2) is 31.4 Å². The Morgan fingerprint density at radius 2 is 2.00 bits per heavy atom. The monoisotopic (exact) mass is 379 g/mol. The van der Waals surface area contributed by atoms with Crippen molar-refractivity contribution in [2.75, 3.05) is 18.9 Å². The van der Waals surface area contributed by atoms with E-state index in [1.54, 1.807) is 36.4 Å². The van der Waals surface area contributed by atoms with E-state index in [4.69, 9.17) is 4.42 Å². The second-order valence-corrected chi connectivity index (χ2v) is 5.82. The Bertz CT molecular complexity index is 699. The van der Waals surface area contributed by atoms with Crippen molar-refractivity contribution in [1.82, 2.24) is 10.6 Å². The fraction of sp³-hybridized carbons (Fsp3) is 0.250. The highest BCUT2D eigenvalue weighted by atomic mass is 79.9. The van der Waals surface area contributed by atoms with Crippen molar-refractivity contribution in [3.05, 3.63) is 52.4 Å². The molecule has 1 aromatic heterocycles. The quantitative estimate of drug-likeness (QED) is 0.720. The number of carbonyl (C=O) groups is 2. The van der Waals surface area contributed by atoms with Crippen LogP contribution in [-0.2, 0) is 0 Å². The first-order valence-electron chi connectivity index (χ1n) is 7.12. The third kappa shape index (κ3) is 4.94. The molecule has 0 radical (unpaired) electrons. The molecule has 0 aliphatic rings. The third-order valence-corrected chi connectivity index (χ3v) is 3.67. The second kappa shape index (κ2) is 7.94. The molecule has 23 heavy (non-hydrogen) atoms. The van der Waals surface area contributed by atoms with Crippen LogP contribution in [0.1, 0.15) is 27.8 Å². The van der Waals surface area contributed by atoms with E-state index in [1.165, 1.54) is 0 Å². The number of halogens is 1. The molecule has 0 fully saturated rings. The summed E-state index contributed by atoms with van der Waals surface area (Å²) in [5, 5.41) is 8.57. The minimum absolute atomic E-state index is 0.180. The van der Waals surface area contributed by atoms with E-state index in [9.17, 15) is 9.59 Å². The summed E-state index contributed by atoms with van der Waals surface area (Å²) in [6.45, 7) is 2.49. The minimum atomic E-state index is -0.378. The van der Waals surface area contributed by atoms with E-state index < -0.39 is 0 Å². The highest BCUT2D eigenvalue weighted by Gasteiger charge is 2.12. The zero-order valence-electron chi connectivity index (χ0n) is 12.9. The lowest BCUT2D eigenvalue weighted by Crippen LogP contribution is -2.37. The van der Waals surface area contributed by atoms with Gasteiger partial charge in [0.1, 0.15) is 0 Å². The van der Waals surface area contributed by atoms with Crippen LogP contribution in [0.5, 0.6) is 0 Å². The zero-order valence-corrected chi connectivity index (χ0v) is 14.4. The molecule has 0 spiro atoms. The molecule has 0 saturated heterocycles. The van der Waals surface area contributed by atoms with Crippen LogP contribution in [0.15, 0.2) is 45.5 Å². The zero-order chi connectivity index (χ0) is 16.8. The molecule has 1 unspecified atom stereocenters. The molecule has 1 atom stereocenters. The number of likely N-dealkylation sites (N-methyl/N-ethyl adjacent to an activating group) is 1. The summed E-state index contributed by atoms with van der Waals surface area (Å²) < 4.78 is 5.67. The summed E-state index contributed by atoms with van der Waals surface area (Å²) in [6, 6.07) is 10.1. The van der Waals surface area contributed by atoms with Crippen LogP contribution in [0.25, 0.3) is 0 Å². The van der Waals surface area contributed by atoms with E-state index in [0.29, 0.717) is 22.5 Å². The normalized spacial score (nSPS) is 11.8. The first kappa shape index (κ1) is 17.2. The highest BCUT2D eigenvalue weighted by molar-refractivity contribution is 9.10. The van der Waals surface area contributed by atoms with Crippen molar-refractivity contribution in [3.63, 3.8) is 0 Å². The summed E-state index contributed by atoms with van der Waals surface area (Å²) in [5.41, 5.74) is 1.00. The van der Waals surface area contributed by atoms with Crippen molar-refractivity contribution >= 4 is 33.4 Å². The Morgan fingerprint density at radius 1 is 1.22 bits per heavy atom. The Morgan fingerprint density at radius 3 is 2.65 bits per heavy atom. The molecule has 0 saturated carbocycles. The Kier molecular flexibility index (Phi) is 5.95. The number of rotatable bonds is 6. The van der Waals surface area contributed by atoms with Gasteiger partial charge in [0.25, 0.3) is 11.8 Å². The fourth-order valence-electron chi connectivity index (χ4n) is 1.82. The highest BCUT2D eigenvalue weighted by Crippen LogP contribution is 2.16. The largest absolute Gasteiger partial charge is 0.444 e. The molecule has 0 bridgehead atoms. The van der Waals surface area contributed by atoms with Crippen LogP contribution >= 0.6 is 15.9 Å². The van der Waals surface area contributed by atoms with Gasteiger partial charge in [0, 0.05) is 23.8 Å². The van der Waals surface area contributed by atoms with Gasteiger partial charge in [-0.15, -0.1) is 0 Å². The number of hydrogen-bond donors (Lipinski definition) is 3. The van der Waals surface area contributed by atoms with Gasteiger partial charge in [-0.1, -0.05) is 6.07 Å². The number of hydrogen-bond acceptors (Lipinski definition) is 4. The lowest BCUT2D eigenvalue weighted by atomic mass is 10.2. The number of nitrogens with one attached hydrogen (secondary N) is 3. The summed E-state index contributed by atoms with van der Waals surface area (Å²) in [4.78, 5) is 24.1. The predicted molar refractivity (Wildman–Crippen MR) is 91.7 cm³/mol. The molecule has 2 rings (SSSR count). The molecule has 6 nitrogen and oxygen atoms in total. The van der Waals surface area contributed by atoms with Crippen molar-refractivity contribution in [2.24, 2.45) is 0 Å². The van der Waals surface area contributed by atoms with Gasteiger partial charge in [0.05, 0.1) is 0 Å². The molecule has 0 aliphatic heterocycles. The fourth-order valence-corrected chi connectivity index (χ4v) is 2.12. The Balaban J connectivity index is 2.01. The number of anilines is 1. The van der Waals surface area contributed by atoms with E-state index in [2.05, 4.69) is 31.9 Å². The molecule has 1 heterocycles. The van der Waals surface area contributed by atoms with Crippen LogP contribution in [0.3, 0.4) is 0 Å². The van der Waals surface area contributed by atoms with Gasteiger partial charge in [-0.2, -0.15) is 0 Å². The lowest BCUT2D eigenvalue weighted by Gasteiger charge is -2.12. The minimum Gasteiger partial charge on any atom is -0.444 e. The molecule has 0 aliphatic carbocycles. The maximum atomic E-state index is 12.1. The van der Waals surface area contributed by atoms with Crippen LogP contribution in [0, 0.1) is 0 Å². The lowest BCUT2D eigenvalue weighted by molar-refractivity contribution is 0.0948. The molecular weight excluding hydrogens is 362 g/mol. The predicted octanol–water partition coefficient (Wildman–Crippen LogP) is 2.63.